The van der Waals surface area contributed by atoms with Crippen LogP contribution in [-0.4, -0.2) is 22.2 Å². The lowest BCUT2D eigenvalue weighted by Crippen LogP contribution is -2.36. The third kappa shape index (κ3) is 4.20. The third-order valence-corrected chi connectivity index (χ3v) is 3.92. The van der Waals surface area contributed by atoms with E-state index in [9.17, 15) is 9.59 Å². The number of Topliss-reactive ketones (excluding diaryl/α,β-unsaturated/α-hetero) is 1. The van der Waals surface area contributed by atoms with E-state index in [1.165, 1.54) is 10.9 Å². The topological polar surface area (TPSA) is 61.2 Å². The molecule has 0 aliphatic heterocycles. The second-order valence-corrected chi connectivity index (χ2v) is 7.22. The molecule has 2 aromatic rings. The van der Waals surface area contributed by atoms with Crippen LogP contribution >= 0.6 is 27.5 Å². The first-order valence-corrected chi connectivity index (χ1v) is 8.07. The average Bonchev–Trinajstić information content (AvgIpc) is 2.48. The summed E-state index contributed by atoms with van der Waals surface area (Å²) in [5, 5.41) is 3.97. The summed E-state index contributed by atoms with van der Waals surface area (Å²) in [6, 6.07) is 6.92. The zero-order valence-corrected chi connectivity index (χ0v) is 15.3. The summed E-state index contributed by atoms with van der Waals surface area (Å²) in [5.74, 6) is -0.115. The minimum atomic E-state index is -0.494. The molecular weight excluding hydrogens is 384 g/mol. The number of rotatable bonds is 4. The van der Waals surface area contributed by atoms with Crippen LogP contribution in [0.3, 0.4) is 0 Å². The largest absolute Gasteiger partial charge is 0.482 e. The number of aromatic nitrogens is 2. The number of benzene rings is 1. The van der Waals surface area contributed by atoms with Gasteiger partial charge in [0.1, 0.15) is 0 Å². The summed E-state index contributed by atoms with van der Waals surface area (Å²) in [6.45, 7) is 5.31. The Hall–Kier alpha value is -1.66. The van der Waals surface area contributed by atoms with Gasteiger partial charge in [0.25, 0.3) is 5.56 Å². The lowest BCUT2D eigenvalue weighted by Gasteiger charge is -2.21. The molecule has 0 saturated heterocycles. The predicted octanol–water partition coefficient (Wildman–Crippen LogP) is 3.68. The van der Waals surface area contributed by atoms with Crippen molar-refractivity contribution in [1.82, 2.24) is 9.78 Å². The maximum atomic E-state index is 12.2. The Morgan fingerprint density at radius 1 is 1.30 bits per heavy atom. The van der Waals surface area contributed by atoms with E-state index in [4.69, 9.17) is 16.3 Å². The highest BCUT2D eigenvalue weighted by Crippen LogP contribution is 2.21. The van der Waals surface area contributed by atoms with E-state index in [0.29, 0.717) is 5.56 Å². The minimum absolute atomic E-state index is 0.0847. The van der Waals surface area contributed by atoms with Gasteiger partial charge in [-0.2, -0.15) is 5.10 Å². The minimum Gasteiger partial charge on any atom is -0.482 e. The fraction of sp³-hybridized carbons (Fsp3) is 0.312. The van der Waals surface area contributed by atoms with Crippen molar-refractivity contribution in [3.8, 4) is 5.75 Å². The van der Waals surface area contributed by atoms with Crippen LogP contribution in [-0.2, 0) is 5.54 Å². The molecule has 0 spiro atoms. The van der Waals surface area contributed by atoms with Gasteiger partial charge in [-0.15, -0.1) is 0 Å². The second-order valence-electron chi connectivity index (χ2n) is 5.93. The van der Waals surface area contributed by atoms with E-state index in [1.807, 2.05) is 20.8 Å². The summed E-state index contributed by atoms with van der Waals surface area (Å²) >= 11 is 9.34. The Labute approximate surface area is 147 Å². The van der Waals surface area contributed by atoms with Crippen molar-refractivity contribution in [2.45, 2.75) is 26.3 Å². The molecule has 1 heterocycles. The molecule has 0 aliphatic carbocycles. The fourth-order valence-electron chi connectivity index (χ4n) is 1.86. The van der Waals surface area contributed by atoms with Crippen LogP contribution in [0.4, 0.5) is 0 Å². The quantitative estimate of drug-likeness (QED) is 0.736. The molecule has 0 radical (unpaired) electrons. The molecule has 2 rings (SSSR count). The lowest BCUT2D eigenvalue weighted by molar-refractivity contribution is 0.0920. The molecule has 5 nitrogen and oxygen atoms in total. The Morgan fingerprint density at radius 3 is 2.48 bits per heavy atom. The SMILES string of the molecule is CC(C)(C)n1ncc(OCC(=O)c2ccc(Br)cc2)c(Cl)c1=O. The number of hydrogen-bond acceptors (Lipinski definition) is 4. The normalized spacial score (nSPS) is 11.3. The van der Waals surface area contributed by atoms with E-state index >= 15 is 0 Å². The number of nitrogens with zero attached hydrogens (tertiary/aromatic N) is 2. The van der Waals surface area contributed by atoms with Gasteiger partial charge in [-0.05, 0) is 32.9 Å². The van der Waals surface area contributed by atoms with Crippen LogP contribution in [0.25, 0.3) is 0 Å². The highest BCUT2D eigenvalue weighted by Gasteiger charge is 2.20. The first-order chi connectivity index (χ1) is 10.7. The van der Waals surface area contributed by atoms with Crippen LogP contribution in [0.5, 0.6) is 5.75 Å². The van der Waals surface area contributed by atoms with Crippen molar-refractivity contribution in [2.24, 2.45) is 0 Å². The Bertz CT molecular complexity index is 779. The molecular formula is C16H16BrClN2O3. The molecule has 7 heteroatoms. The molecule has 1 aromatic carbocycles. The molecule has 122 valence electrons. The van der Waals surface area contributed by atoms with Crippen LogP contribution in [0.1, 0.15) is 31.1 Å². The number of halogens is 2. The molecule has 0 atom stereocenters. The molecule has 0 bridgehead atoms. The van der Waals surface area contributed by atoms with E-state index in [-0.39, 0.29) is 23.2 Å². The highest BCUT2D eigenvalue weighted by molar-refractivity contribution is 9.10. The molecule has 0 amide bonds. The van der Waals surface area contributed by atoms with Crippen LogP contribution in [0, 0.1) is 0 Å². The number of ketones is 1. The van der Waals surface area contributed by atoms with E-state index < -0.39 is 11.1 Å². The third-order valence-electron chi connectivity index (χ3n) is 3.05. The molecule has 23 heavy (non-hydrogen) atoms. The fourth-order valence-corrected chi connectivity index (χ4v) is 2.31. The lowest BCUT2D eigenvalue weighted by atomic mass is 10.1. The van der Waals surface area contributed by atoms with Crippen LogP contribution < -0.4 is 10.3 Å². The molecule has 0 aliphatic rings. The van der Waals surface area contributed by atoms with Crippen molar-refractivity contribution in [1.29, 1.82) is 0 Å². The van der Waals surface area contributed by atoms with Crippen molar-refractivity contribution in [2.75, 3.05) is 6.61 Å². The van der Waals surface area contributed by atoms with Gasteiger partial charge in [0.05, 0.1) is 11.7 Å². The van der Waals surface area contributed by atoms with Gasteiger partial charge in [0.15, 0.2) is 23.2 Å². The second kappa shape index (κ2) is 6.84. The maximum Gasteiger partial charge on any atom is 0.289 e. The first-order valence-electron chi connectivity index (χ1n) is 6.90. The Kier molecular flexibility index (Phi) is 5.26. The van der Waals surface area contributed by atoms with E-state index in [0.717, 1.165) is 4.47 Å². The summed E-state index contributed by atoms with van der Waals surface area (Å²) in [5.41, 5.74) is -0.431. The van der Waals surface area contributed by atoms with Gasteiger partial charge in [-0.25, -0.2) is 4.68 Å². The van der Waals surface area contributed by atoms with Crippen molar-refractivity contribution in [3.63, 3.8) is 0 Å². The molecule has 0 fully saturated rings. The van der Waals surface area contributed by atoms with Crippen LogP contribution in [0.15, 0.2) is 39.7 Å². The predicted molar refractivity (Wildman–Crippen MR) is 92.5 cm³/mol. The van der Waals surface area contributed by atoms with Crippen molar-refractivity contribution < 1.29 is 9.53 Å². The maximum absolute atomic E-state index is 12.2. The van der Waals surface area contributed by atoms with E-state index in [2.05, 4.69) is 21.0 Å². The highest BCUT2D eigenvalue weighted by atomic mass is 79.9. The monoisotopic (exact) mass is 398 g/mol. The zero-order chi connectivity index (χ0) is 17.2. The molecule has 0 saturated carbocycles. The average molecular weight is 400 g/mol. The molecule has 1 aromatic heterocycles. The van der Waals surface area contributed by atoms with Gasteiger partial charge >= 0.3 is 0 Å². The zero-order valence-electron chi connectivity index (χ0n) is 13.0. The summed E-state index contributed by atoms with van der Waals surface area (Å²) in [6.07, 6.45) is 1.35. The number of carbonyl (C=O) groups excluding carboxylic acids is 1. The smallest absolute Gasteiger partial charge is 0.289 e. The van der Waals surface area contributed by atoms with Gasteiger partial charge in [0.2, 0.25) is 0 Å². The summed E-state index contributed by atoms with van der Waals surface area (Å²) in [7, 11) is 0. The Morgan fingerprint density at radius 2 is 1.91 bits per heavy atom. The van der Waals surface area contributed by atoms with E-state index in [1.54, 1.807) is 24.3 Å². The van der Waals surface area contributed by atoms with Crippen molar-refractivity contribution >= 4 is 33.3 Å². The van der Waals surface area contributed by atoms with Crippen LogP contribution in [0.2, 0.25) is 5.02 Å². The summed E-state index contributed by atoms with van der Waals surface area (Å²) < 4.78 is 7.52. The number of hydrogen-bond donors (Lipinski definition) is 0. The Balaban J connectivity index is 2.15. The number of ether oxygens (including phenoxy) is 1. The van der Waals surface area contributed by atoms with Gasteiger partial charge < -0.3 is 4.74 Å². The summed E-state index contributed by atoms with van der Waals surface area (Å²) in [4.78, 5) is 24.3. The first kappa shape index (κ1) is 17.7. The standard InChI is InChI=1S/C16H16BrClN2O3/c1-16(2,3)20-15(22)14(18)13(8-19-20)23-9-12(21)10-4-6-11(17)7-5-10/h4-8H,9H2,1-3H3. The van der Waals surface area contributed by atoms with Gasteiger partial charge in [-0.1, -0.05) is 39.7 Å². The van der Waals surface area contributed by atoms with Gasteiger partial charge in [-0.3, -0.25) is 9.59 Å². The van der Waals surface area contributed by atoms with Gasteiger partial charge in [0, 0.05) is 10.0 Å². The molecule has 0 N–H and O–H groups in total. The number of carbonyl (C=O) groups is 1. The molecule has 0 unspecified atom stereocenters. The van der Waals surface area contributed by atoms with Crippen molar-refractivity contribution in [3.05, 3.63) is 55.9 Å².